The second kappa shape index (κ2) is 5.90. The Morgan fingerprint density at radius 1 is 1.14 bits per heavy atom. The van der Waals surface area contributed by atoms with E-state index in [9.17, 15) is 0 Å². The van der Waals surface area contributed by atoms with Crippen molar-refractivity contribution >= 4 is 17.5 Å². The van der Waals surface area contributed by atoms with Gasteiger partial charge in [0.1, 0.15) is 0 Å². The Bertz CT molecular complexity index is 675. The van der Waals surface area contributed by atoms with E-state index in [0.29, 0.717) is 0 Å². The van der Waals surface area contributed by atoms with Gasteiger partial charge in [-0.3, -0.25) is 4.99 Å². The minimum absolute atomic E-state index is 0.186. The number of aliphatic imine (C=N–C) groups is 1. The molecule has 1 atom stereocenters. The molecule has 2 heteroatoms. The summed E-state index contributed by atoms with van der Waals surface area (Å²) in [7, 11) is 0. The molecule has 2 aromatic rings. The normalized spacial score (nSPS) is 21.1. The Morgan fingerprint density at radius 2 is 1.86 bits per heavy atom. The first-order valence-electron chi connectivity index (χ1n) is 7.29. The number of rotatable bonds is 3. The first kappa shape index (κ1) is 14.2. The van der Waals surface area contributed by atoms with Crippen LogP contribution in [0, 0.1) is 0 Å². The summed E-state index contributed by atoms with van der Waals surface area (Å²) in [5.74, 6) is 0.945. The van der Waals surface area contributed by atoms with Crippen molar-refractivity contribution in [3.63, 3.8) is 0 Å². The largest absolute Gasteiger partial charge is 0.272 e. The minimum Gasteiger partial charge on any atom is -0.272 e. The SMILES string of the molecule is C=CC1(CC)CSc2ccccc2C(c2ccccc2)=N1. The molecule has 21 heavy (non-hydrogen) atoms. The number of hydrogen-bond acceptors (Lipinski definition) is 2. The summed E-state index contributed by atoms with van der Waals surface area (Å²) < 4.78 is 0. The summed E-state index contributed by atoms with van der Waals surface area (Å²) in [6.45, 7) is 6.22. The van der Waals surface area contributed by atoms with Crippen LogP contribution < -0.4 is 0 Å². The lowest BCUT2D eigenvalue weighted by Crippen LogP contribution is -2.26. The van der Waals surface area contributed by atoms with Crippen LogP contribution in [0.3, 0.4) is 0 Å². The molecule has 0 radical (unpaired) electrons. The van der Waals surface area contributed by atoms with Crippen molar-refractivity contribution in [2.75, 3.05) is 5.75 Å². The van der Waals surface area contributed by atoms with E-state index in [1.54, 1.807) is 0 Å². The Balaban J connectivity index is 2.22. The van der Waals surface area contributed by atoms with Gasteiger partial charge < -0.3 is 0 Å². The maximum absolute atomic E-state index is 5.13. The molecule has 0 aliphatic carbocycles. The molecule has 3 rings (SSSR count). The van der Waals surface area contributed by atoms with Crippen molar-refractivity contribution < 1.29 is 0 Å². The van der Waals surface area contributed by atoms with Crippen molar-refractivity contribution in [2.24, 2.45) is 4.99 Å². The summed E-state index contributed by atoms with van der Waals surface area (Å²) in [6, 6.07) is 19.0. The molecule has 1 aliphatic rings. The highest BCUT2D eigenvalue weighted by Gasteiger charge is 2.29. The van der Waals surface area contributed by atoms with Crippen molar-refractivity contribution in [3.8, 4) is 0 Å². The highest BCUT2D eigenvalue weighted by Crippen LogP contribution is 2.36. The standard InChI is InChI=1S/C19H19NS/c1-3-19(4-2)14-21-17-13-9-8-12-16(17)18(20-19)15-10-6-5-7-11-15/h3,5-13H,1,4,14H2,2H3. The zero-order valence-electron chi connectivity index (χ0n) is 12.3. The average molecular weight is 293 g/mol. The van der Waals surface area contributed by atoms with E-state index in [2.05, 4.69) is 62.0 Å². The van der Waals surface area contributed by atoms with Crippen LogP contribution >= 0.6 is 11.8 Å². The first-order chi connectivity index (χ1) is 10.3. The van der Waals surface area contributed by atoms with Gasteiger partial charge in [-0.05, 0) is 12.5 Å². The molecular weight excluding hydrogens is 274 g/mol. The number of fused-ring (bicyclic) bond motifs is 1. The third kappa shape index (κ3) is 2.68. The Kier molecular flexibility index (Phi) is 3.98. The highest BCUT2D eigenvalue weighted by molar-refractivity contribution is 7.99. The molecule has 0 spiro atoms. The molecule has 0 aromatic heterocycles. The van der Waals surface area contributed by atoms with E-state index in [1.807, 2.05) is 23.9 Å². The van der Waals surface area contributed by atoms with Gasteiger partial charge in [-0.15, -0.1) is 18.3 Å². The van der Waals surface area contributed by atoms with Crippen LogP contribution in [0.25, 0.3) is 0 Å². The quantitative estimate of drug-likeness (QED) is 0.728. The summed E-state index contributed by atoms with van der Waals surface area (Å²) in [6.07, 6.45) is 2.97. The Morgan fingerprint density at radius 3 is 2.57 bits per heavy atom. The molecule has 1 unspecified atom stereocenters. The van der Waals surface area contributed by atoms with Gasteiger partial charge in [0.25, 0.3) is 0 Å². The number of hydrogen-bond donors (Lipinski definition) is 0. The second-order valence-electron chi connectivity index (χ2n) is 5.27. The molecule has 2 aromatic carbocycles. The predicted molar refractivity (Wildman–Crippen MR) is 92.5 cm³/mol. The van der Waals surface area contributed by atoms with Crippen molar-refractivity contribution in [2.45, 2.75) is 23.8 Å². The number of benzene rings is 2. The van der Waals surface area contributed by atoms with Gasteiger partial charge in [0, 0.05) is 21.8 Å². The van der Waals surface area contributed by atoms with E-state index in [0.717, 1.165) is 17.9 Å². The lowest BCUT2D eigenvalue weighted by atomic mass is 9.96. The molecule has 1 nitrogen and oxygen atoms in total. The van der Waals surface area contributed by atoms with Gasteiger partial charge >= 0.3 is 0 Å². The molecule has 0 amide bonds. The molecule has 0 saturated carbocycles. The Hall–Kier alpha value is -1.80. The molecule has 0 fully saturated rings. The molecule has 1 heterocycles. The average Bonchev–Trinajstić information content (AvgIpc) is 2.74. The lowest BCUT2D eigenvalue weighted by Gasteiger charge is -2.23. The molecule has 0 bridgehead atoms. The van der Waals surface area contributed by atoms with Crippen molar-refractivity contribution in [1.82, 2.24) is 0 Å². The van der Waals surface area contributed by atoms with Gasteiger partial charge in [-0.1, -0.05) is 61.5 Å². The number of nitrogens with zero attached hydrogens (tertiary/aromatic N) is 1. The topological polar surface area (TPSA) is 12.4 Å². The van der Waals surface area contributed by atoms with Gasteiger partial charge in [0.15, 0.2) is 0 Å². The van der Waals surface area contributed by atoms with Crippen LogP contribution in [0.4, 0.5) is 0 Å². The predicted octanol–water partition coefficient (Wildman–Crippen LogP) is 4.96. The fourth-order valence-electron chi connectivity index (χ4n) is 2.55. The summed E-state index contributed by atoms with van der Waals surface area (Å²) in [4.78, 5) is 6.44. The third-order valence-corrected chi connectivity index (χ3v) is 5.30. The van der Waals surface area contributed by atoms with E-state index in [4.69, 9.17) is 4.99 Å². The zero-order valence-corrected chi connectivity index (χ0v) is 13.1. The highest BCUT2D eigenvalue weighted by atomic mass is 32.2. The molecule has 0 N–H and O–H groups in total. The van der Waals surface area contributed by atoms with Gasteiger partial charge in [0.05, 0.1) is 11.3 Å². The monoisotopic (exact) mass is 293 g/mol. The summed E-state index contributed by atoms with van der Waals surface area (Å²) >= 11 is 1.88. The molecule has 1 aliphatic heterocycles. The zero-order chi connectivity index (χ0) is 14.7. The van der Waals surface area contributed by atoms with Crippen LogP contribution in [0.5, 0.6) is 0 Å². The summed E-state index contributed by atoms with van der Waals surface area (Å²) in [5, 5.41) is 0. The minimum atomic E-state index is -0.186. The van der Waals surface area contributed by atoms with Crippen molar-refractivity contribution in [1.29, 1.82) is 0 Å². The fraction of sp³-hybridized carbons (Fsp3) is 0.211. The smallest absolute Gasteiger partial charge is 0.0883 e. The van der Waals surface area contributed by atoms with Crippen molar-refractivity contribution in [3.05, 3.63) is 78.4 Å². The maximum Gasteiger partial charge on any atom is 0.0883 e. The van der Waals surface area contributed by atoms with Crippen LogP contribution in [-0.4, -0.2) is 17.0 Å². The summed E-state index contributed by atoms with van der Waals surface area (Å²) in [5.41, 5.74) is 3.30. The molecular formula is C19H19NS. The first-order valence-corrected chi connectivity index (χ1v) is 8.27. The molecule has 106 valence electrons. The van der Waals surface area contributed by atoms with Crippen LogP contribution in [0.2, 0.25) is 0 Å². The van der Waals surface area contributed by atoms with E-state index in [-0.39, 0.29) is 5.54 Å². The van der Waals surface area contributed by atoms with Crippen LogP contribution in [-0.2, 0) is 0 Å². The van der Waals surface area contributed by atoms with Crippen LogP contribution in [0.1, 0.15) is 24.5 Å². The lowest BCUT2D eigenvalue weighted by molar-refractivity contribution is 0.581. The third-order valence-electron chi connectivity index (χ3n) is 3.99. The maximum atomic E-state index is 5.13. The van der Waals surface area contributed by atoms with E-state index < -0.39 is 0 Å². The van der Waals surface area contributed by atoms with E-state index in [1.165, 1.54) is 16.0 Å². The Labute approximate surface area is 130 Å². The van der Waals surface area contributed by atoms with Gasteiger partial charge in [-0.2, -0.15) is 0 Å². The van der Waals surface area contributed by atoms with Crippen LogP contribution in [0.15, 0.2) is 77.1 Å². The van der Waals surface area contributed by atoms with Gasteiger partial charge in [-0.25, -0.2) is 0 Å². The van der Waals surface area contributed by atoms with E-state index >= 15 is 0 Å². The number of thioether (sulfide) groups is 1. The molecule has 0 saturated heterocycles. The van der Waals surface area contributed by atoms with Gasteiger partial charge in [0.2, 0.25) is 0 Å². The fourth-order valence-corrected chi connectivity index (χ4v) is 3.84. The second-order valence-corrected chi connectivity index (χ2v) is 6.29.